The van der Waals surface area contributed by atoms with Crippen molar-refractivity contribution in [1.29, 1.82) is 0 Å². The molecule has 0 bridgehead atoms. The number of rotatable bonds is 4. The highest BCUT2D eigenvalue weighted by molar-refractivity contribution is 5.61. The largest absolute Gasteiger partial charge is 0.486 e. The van der Waals surface area contributed by atoms with E-state index in [4.69, 9.17) is 14.5 Å². The molecular weight excluding hydrogens is 344 g/mol. The molecule has 0 saturated carbocycles. The van der Waals surface area contributed by atoms with E-state index in [1.165, 1.54) is 25.7 Å². The Balaban J connectivity index is 1.45. The molecule has 4 heterocycles. The quantitative estimate of drug-likeness (QED) is 0.883. The van der Waals surface area contributed by atoms with Crippen molar-refractivity contribution in [1.82, 2.24) is 15.0 Å². The molecule has 1 aromatic carbocycles. The van der Waals surface area contributed by atoms with Crippen molar-refractivity contribution >= 4 is 23.5 Å². The molecule has 0 unspecified atom stereocenters. The molecule has 27 heavy (non-hydrogen) atoms. The van der Waals surface area contributed by atoms with Crippen LogP contribution >= 0.6 is 0 Å². The van der Waals surface area contributed by atoms with E-state index in [0.717, 1.165) is 55.3 Å². The number of nitrogens with one attached hydrogen (secondary N) is 1. The molecule has 2 saturated heterocycles. The highest BCUT2D eigenvalue weighted by Gasteiger charge is 2.22. The maximum atomic E-state index is 5.68. The standard InChI is InChI=1S/C19H24N6O2/c1-2-8-24(7-1)18-21-17(22-19(23-18)25-9-3-4-10-25)20-14-5-6-15-16(13-14)27-12-11-26-15/h5-6,13H,1-4,7-12H2,(H,20,21,22,23). The average Bonchev–Trinajstić information content (AvgIpc) is 3.42. The van der Waals surface area contributed by atoms with Gasteiger partial charge in [-0.25, -0.2) is 0 Å². The van der Waals surface area contributed by atoms with Gasteiger partial charge in [0.2, 0.25) is 17.8 Å². The molecule has 142 valence electrons. The summed E-state index contributed by atoms with van der Waals surface area (Å²) in [6.07, 6.45) is 4.76. The van der Waals surface area contributed by atoms with Crippen LogP contribution in [0.3, 0.4) is 0 Å². The SMILES string of the molecule is c1cc2c(cc1Nc1nc(N3CCCC3)nc(N3CCCC3)n1)OCCO2. The second-order valence-electron chi connectivity index (χ2n) is 7.13. The smallest absolute Gasteiger partial charge is 0.233 e. The van der Waals surface area contributed by atoms with E-state index in [0.29, 0.717) is 19.2 Å². The van der Waals surface area contributed by atoms with Crippen molar-refractivity contribution in [3.8, 4) is 11.5 Å². The average molecular weight is 368 g/mol. The Morgan fingerprint density at radius 3 is 1.96 bits per heavy atom. The zero-order chi connectivity index (χ0) is 18.1. The normalized spacial score (nSPS) is 18.8. The van der Waals surface area contributed by atoms with Crippen LogP contribution in [-0.2, 0) is 0 Å². The molecule has 0 radical (unpaired) electrons. The summed E-state index contributed by atoms with van der Waals surface area (Å²) in [5.41, 5.74) is 0.880. The number of benzene rings is 1. The van der Waals surface area contributed by atoms with Crippen LogP contribution in [0.5, 0.6) is 11.5 Å². The zero-order valence-corrected chi connectivity index (χ0v) is 15.4. The van der Waals surface area contributed by atoms with Crippen LogP contribution in [0.25, 0.3) is 0 Å². The maximum absolute atomic E-state index is 5.68. The van der Waals surface area contributed by atoms with E-state index in [9.17, 15) is 0 Å². The van der Waals surface area contributed by atoms with E-state index in [-0.39, 0.29) is 0 Å². The Morgan fingerprint density at radius 1 is 0.741 bits per heavy atom. The molecule has 1 N–H and O–H groups in total. The fourth-order valence-electron chi connectivity index (χ4n) is 3.78. The van der Waals surface area contributed by atoms with Crippen LogP contribution in [0.4, 0.5) is 23.5 Å². The van der Waals surface area contributed by atoms with Gasteiger partial charge in [-0.1, -0.05) is 0 Å². The molecule has 8 nitrogen and oxygen atoms in total. The Hall–Kier alpha value is -2.77. The third-order valence-electron chi connectivity index (χ3n) is 5.19. The van der Waals surface area contributed by atoms with Gasteiger partial charge in [-0.2, -0.15) is 15.0 Å². The molecule has 0 aliphatic carbocycles. The summed E-state index contributed by atoms with van der Waals surface area (Å²) in [5.74, 6) is 3.64. The highest BCUT2D eigenvalue weighted by Crippen LogP contribution is 2.33. The monoisotopic (exact) mass is 368 g/mol. The van der Waals surface area contributed by atoms with Gasteiger partial charge in [0.25, 0.3) is 0 Å². The van der Waals surface area contributed by atoms with Gasteiger partial charge >= 0.3 is 0 Å². The lowest BCUT2D eigenvalue weighted by atomic mass is 10.2. The van der Waals surface area contributed by atoms with Crippen LogP contribution in [0.1, 0.15) is 25.7 Å². The molecule has 3 aliphatic heterocycles. The predicted octanol–water partition coefficient (Wildman–Crippen LogP) is 2.59. The zero-order valence-electron chi connectivity index (χ0n) is 15.4. The summed E-state index contributed by atoms with van der Waals surface area (Å²) in [6, 6.07) is 5.81. The Bertz CT molecular complexity index is 784. The summed E-state index contributed by atoms with van der Waals surface area (Å²) in [6.45, 7) is 5.19. The lowest BCUT2D eigenvalue weighted by Crippen LogP contribution is -2.25. The molecule has 0 atom stereocenters. The summed E-state index contributed by atoms with van der Waals surface area (Å²) in [4.78, 5) is 18.6. The molecule has 0 spiro atoms. The first-order valence-corrected chi connectivity index (χ1v) is 9.78. The van der Waals surface area contributed by atoms with E-state index < -0.39 is 0 Å². The van der Waals surface area contributed by atoms with Crippen molar-refractivity contribution in [2.75, 3.05) is 54.5 Å². The topological polar surface area (TPSA) is 75.6 Å². The number of fused-ring (bicyclic) bond motifs is 1. The molecule has 3 aliphatic rings. The van der Waals surface area contributed by atoms with Gasteiger partial charge in [0.1, 0.15) is 13.2 Å². The Labute approximate surface area is 158 Å². The van der Waals surface area contributed by atoms with E-state index in [1.807, 2.05) is 18.2 Å². The number of nitrogens with zero attached hydrogens (tertiary/aromatic N) is 5. The van der Waals surface area contributed by atoms with Crippen molar-refractivity contribution < 1.29 is 9.47 Å². The number of aromatic nitrogens is 3. The molecule has 0 amide bonds. The highest BCUT2D eigenvalue weighted by atomic mass is 16.6. The first kappa shape index (κ1) is 16.4. The Morgan fingerprint density at radius 2 is 1.33 bits per heavy atom. The third-order valence-corrected chi connectivity index (χ3v) is 5.19. The Kier molecular flexibility index (Phi) is 4.31. The van der Waals surface area contributed by atoms with Gasteiger partial charge in [0, 0.05) is 37.9 Å². The molecule has 1 aromatic heterocycles. The fraction of sp³-hybridized carbons (Fsp3) is 0.526. The van der Waals surface area contributed by atoms with Crippen LogP contribution < -0.4 is 24.6 Å². The molecule has 5 rings (SSSR count). The van der Waals surface area contributed by atoms with Gasteiger partial charge in [0.05, 0.1) is 0 Å². The summed E-state index contributed by atoms with van der Waals surface area (Å²) >= 11 is 0. The van der Waals surface area contributed by atoms with Crippen LogP contribution in [0.2, 0.25) is 0 Å². The second kappa shape index (κ2) is 7.09. The minimum absolute atomic E-state index is 0.570. The first-order chi connectivity index (χ1) is 13.3. The van der Waals surface area contributed by atoms with Crippen LogP contribution in [0.15, 0.2) is 18.2 Å². The van der Waals surface area contributed by atoms with Crippen molar-refractivity contribution in [3.63, 3.8) is 0 Å². The van der Waals surface area contributed by atoms with Gasteiger partial charge in [0.15, 0.2) is 11.5 Å². The van der Waals surface area contributed by atoms with Gasteiger partial charge in [-0.05, 0) is 37.8 Å². The number of hydrogen-bond acceptors (Lipinski definition) is 8. The summed E-state index contributed by atoms with van der Waals surface area (Å²) < 4.78 is 11.3. The molecular formula is C19H24N6O2. The third kappa shape index (κ3) is 3.43. The summed E-state index contributed by atoms with van der Waals surface area (Å²) in [5, 5.41) is 3.33. The maximum Gasteiger partial charge on any atom is 0.233 e. The van der Waals surface area contributed by atoms with Crippen LogP contribution in [0, 0.1) is 0 Å². The van der Waals surface area contributed by atoms with E-state index in [1.54, 1.807) is 0 Å². The van der Waals surface area contributed by atoms with Crippen molar-refractivity contribution in [3.05, 3.63) is 18.2 Å². The first-order valence-electron chi connectivity index (χ1n) is 9.78. The van der Waals surface area contributed by atoms with E-state index >= 15 is 0 Å². The number of hydrogen-bond donors (Lipinski definition) is 1. The minimum Gasteiger partial charge on any atom is -0.486 e. The van der Waals surface area contributed by atoms with Gasteiger partial charge in [-0.3, -0.25) is 0 Å². The van der Waals surface area contributed by atoms with E-state index in [2.05, 4.69) is 25.1 Å². The predicted molar refractivity (Wildman–Crippen MR) is 103 cm³/mol. The van der Waals surface area contributed by atoms with Gasteiger partial charge < -0.3 is 24.6 Å². The fourth-order valence-corrected chi connectivity index (χ4v) is 3.78. The second-order valence-corrected chi connectivity index (χ2v) is 7.13. The lowest BCUT2D eigenvalue weighted by molar-refractivity contribution is 0.171. The van der Waals surface area contributed by atoms with Crippen molar-refractivity contribution in [2.45, 2.75) is 25.7 Å². The lowest BCUT2D eigenvalue weighted by Gasteiger charge is -2.21. The van der Waals surface area contributed by atoms with Crippen LogP contribution in [-0.4, -0.2) is 54.3 Å². The molecule has 8 heteroatoms. The van der Waals surface area contributed by atoms with Crippen molar-refractivity contribution in [2.24, 2.45) is 0 Å². The van der Waals surface area contributed by atoms with Gasteiger partial charge in [-0.15, -0.1) is 0 Å². The molecule has 2 fully saturated rings. The number of anilines is 4. The molecule has 2 aromatic rings. The minimum atomic E-state index is 0.570. The number of ether oxygens (including phenoxy) is 2. The summed E-state index contributed by atoms with van der Waals surface area (Å²) in [7, 11) is 0.